The van der Waals surface area contributed by atoms with Crippen LogP contribution in [0.2, 0.25) is 5.02 Å². The molecule has 1 aromatic rings. The Kier molecular flexibility index (Phi) is 6.37. The molecule has 1 aliphatic rings. The molecule has 0 saturated heterocycles. The maximum Gasteiger partial charge on any atom is 0.337 e. The zero-order chi connectivity index (χ0) is 19.4. The molecule has 2 N–H and O–H groups in total. The molecule has 0 radical (unpaired) electrons. The first-order valence-corrected chi connectivity index (χ1v) is 8.65. The molecule has 2 amide bonds. The van der Waals surface area contributed by atoms with E-state index >= 15 is 0 Å². The van der Waals surface area contributed by atoms with Crippen LogP contribution in [0, 0.1) is 0 Å². The predicted octanol–water partition coefficient (Wildman–Crippen LogP) is 3.33. The van der Waals surface area contributed by atoms with Crippen molar-refractivity contribution in [2.45, 2.75) is 39.8 Å². The summed E-state index contributed by atoms with van der Waals surface area (Å²) < 4.78 is 16.3. The van der Waals surface area contributed by atoms with E-state index in [4.69, 9.17) is 25.8 Å². The highest BCUT2D eigenvalue weighted by Crippen LogP contribution is 2.40. The van der Waals surface area contributed by atoms with Crippen LogP contribution in [0.5, 0.6) is 11.5 Å². The van der Waals surface area contributed by atoms with Gasteiger partial charge in [0.05, 0.1) is 36.5 Å². The first-order chi connectivity index (χ1) is 12.3. The fourth-order valence-corrected chi connectivity index (χ4v) is 2.96. The van der Waals surface area contributed by atoms with Gasteiger partial charge >= 0.3 is 12.0 Å². The summed E-state index contributed by atoms with van der Waals surface area (Å²) in [6.07, 6.45) is -0.0936. The summed E-state index contributed by atoms with van der Waals surface area (Å²) in [6, 6.07) is 2.21. The van der Waals surface area contributed by atoms with E-state index in [0.717, 1.165) is 0 Å². The van der Waals surface area contributed by atoms with Gasteiger partial charge in [0.1, 0.15) is 0 Å². The molecular formula is C18H23ClN2O5. The van der Waals surface area contributed by atoms with E-state index in [9.17, 15) is 9.59 Å². The van der Waals surface area contributed by atoms with Gasteiger partial charge in [-0.2, -0.15) is 0 Å². The van der Waals surface area contributed by atoms with Gasteiger partial charge in [0.25, 0.3) is 0 Å². The van der Waals surface area contributed by atoms with E-state index in [1.807, 2.05) is 20.8 Å². The van der Waals surface area contributed by atoms with E-state index in [1.165, 1.54) is 7.11 Å². The second kappa shape index (κ2) is 8.31. The zero-order valence-corrected chi connectivity index (χ0v) is 16.2. The molecular weight excluding hydrogens is 360 g/mol. The largest absolute Gasteiger partial charge is 0.490 e. The monoisotopic (exact) mass is 382 g/mol. The minimum atomic E-state index is -0.721. The molecule has 1 heterocycles. The van der Waals surface area contributed by atoms with Crippen LogP contribution in [-0.2, 0) is 9.53 Å². The van der Waals surface area contributed by atoms with Crippen LogP contribution in [0.4, 0.5) is 4.79 Å². The van der Waals surface area contributed by atoms with Crippen LogP contribution in [0.3, 0.4) is 0 Å². The van der Waals surface area contributed by atoms with Gasteiger partial charge in [-0.1, -0.05) is 11.6 Å². The Morgan fingerprint density at radius 1 is 1.35 bits per heavy atom. The molecule has 7 nitrogen and oxygen atoms in total. The normalized spacial score (nSPS) is 16.9. The van der Waals surface area contributed by atoms with Gasteiger partial charge in [-0.3, -0.25) is 0 Å². The van der Waals surface area contributed by atoms with Crippen LogP contribution < -0.4 is 20.1 Å². The molecule has 1 atom stereocenters. The first kappa shape index (κ1) is 19.9. The molecule has 8 heteroatoms. The zero-order valence-electron chi connectivity index (χ0n) is 15.4. The Hall–Kier alpha value is -2.41. The SMILES string of the molecule is CCOc1cc(C2NC(=O)NC(C)=C2C(=O)OC)cc(Cl)c1OC(C)C. The number of allylic oxidation sites excluding steroid dienone is 1. The summed E-state index contributed by atoms with van der Waals surface area (Å²) in [5, 5.41) is 5.63. The highest BCUT2D eigenvalue weighted by atomic mass is 35.5. The summed E-state index contributed by atoms with van der Waals surface area (Å²) in [5.74, 6) is 0.322. The van der Waals surface area contributed by atoms with Crippen LogP contribution in [0.25, 0.3) is 0 Å². The van der Waals surface area contributed by atoms with Crippen molar-refractivity contribution in [2.24, 2.45) is 0 Å². The summed E-state index contributed by atoms with van der Waals surface area (Å²) in [5.41, 5.74) is 1.30. The van der Waals surface area contributed by atoms with Crippen molar-refractivity contribution in [3.05, 3.63) is 34.0 Å². The Morgan fingerprint density at radius 2 is 2.04 bits per heavy atom. The minimum absolute atomic E-state index is 0.0936. The number of hydrogen-bond donors (Lipinski definition) is 2. The summed E-state index contributed by atoms with van der Waals surface area (Å²) in [4.78, 5) is 24.1. The lowest BCUT2D eigenvalue weighted by Crippen LogP contribution is -2.45. The second-order valence-electron chi connectivity index (χ2n) is 5.99. The van der Waals surface area contributed by atoms with Gasteiger partial charge in [-0.25, -0.2) is 9.59 Å². The highest BCUT2D eigenvalue weighted by molar-refractivity contribution is 6.32. The Balaban J connectivity index is 2.56. The maximum absolute atomic E-state index is 12.2. The number of ether oxygens (including phenoxy) is 3. The van der Waals surface area contributed by atoms with Crippen molar-refractivity contribution in [1.29, 1.82) is 0 Å². The molecule has 2 rings (SSSR count). The number of halogens is 1. The number of urea groups is 1. The van der Waals surface area contributed by atoms with Gasteiger partial charge in [-0.15, -0.1) is 0 Å². The highest BCUT2D eigenvalue weighted by Gasteiger charge is 2.33. The quantitative estimate of drug-likeness (QED) is 0.737. The molecule has 0 bridgehead atoms. The van der Waals surface area contributed by atoms with Gasteiger partial charge in [0, 0.05) is 5.70 Å². The van der Waals surface area contributed by atoms with Crippen molar-refractivity contribution in [1.82, 2.24) is 10.6 Å². The number of rotatable bonds is 6. The van der Waals surface area contributed by atoms with E-state index in [1.54, 1.807) is 19.1 Å². The summed E-state index contributed by atoms with van der Waals surface area (Å²) in [7, 11) is 1.29. The molecule has 0 saturated carbocycles. The van der Waals surface area contributed by atoms with Crippen molar-refractivity contribution in [3.63, 3.8) is 0 Å². The fraction of sp³-hybridized carbons (Fsp3) is 0.444. The van der Waals surface area contributed by atoms with Crippen molar-refractivity contribution in [3.8, 4) is 11.5 Å². The van der Waals surface area contributed by atoms with Gasteiger partial charge < -0.3 is 24.8 Å². The van der Waals surface area contributed by atoms with E-state index in [-0.39, 0.29) is 6.10 Å². The fourth-order valence-electron chi connectivity index (χ4n) is 2.69. The average molecular weight is 383 g/mol. The van der Waals surface area contributed by atoms with E-state index < -0.39 is 18.0 Å². The molecule has 0 aliphatic carbocycles. The van der Waals surface area contributed by atoms with Crippen molar-refractivity contribution >= 4 is 23.6 Å². The number of hydrogen-bond acceptors (Lipinski definition) is 5. The first-order valence-electron chi connectivity index (χ1n) is 8.27. The smallest absolute Gasteiger partial charge is 0.337 e. The number of carbonyl (C=O) groups is 2. The molecule has 26 heavy (non-hydrogen) atoms. The summed E-state index contributed by atoms with van der Waals surface area (Å²) >= 11 is 6.40. The van der Waals surface area contributed by atoms with Crippen molar-refractivity contribution < 1.29 is 23.8 Å². The Labute approximate surface area is 157 Å². The minimum Gasteiger partial charge on any atom is -0.490 e. The van der Waals surface area contributed by atoms with E-state index in [2.05, 4.69) is 10.6 Å². The maximum atomic E-state index is 12.2. The number of carbonyl (C=O) groups excluding carboxylic acids is 2. The van der Waals surface area contributed by atoms with Gasteiger partial charge in [0.15, 0.2) is 11.5 Å². The Bertz CT molecular complexity index is 745. The molecule has 0 fully saturated rings. The number of benzene rings is 1. The third-order valence-electron chi connectivity index (χ3n) is 3.69. The molecule has 0 spiro atoms. The third kappa shape index (κ3) is 4.22. The second-order valence-corrected chi connectivity index (χ2v) is 6.40. The van der Waals surface area contributed by atoms with Crippen LogP contribution >= 0.6 is 11.6 Å². The lowest BCUT2D eigenvalue weighted by atomic mass is 9.95. The molecule has 142 valence electrons. The van der Waals surface area contributed by atoms with Crippen LogP contribution in [-0.4, -0.2) is 31.8 Å². The number of methoxy groups -OCH3 is 1. The number of amides is 2. The summed E-state index contributed by atoms with van der Waals surface area (Å²) in [6.45, 7) is 7.66. The molecule has 1 unspecified atom stereocenters. The van der Waals surface area contributed by atoms with Gasteiger partial charge in [-0.05, 0) is 45.4 Å². The van der Waals surface area contributed by atoms with Gasteiger partial charge in [0.2, 0.25) is 0 Å². The standard InChI is InChI=1S/C18H23ClN2O5/c1-6-25-13-8-11(7-12(19)16(13)26-9(2)3)15-14(17(22)24-5)10(4)20-18(23)21-15/h7-9,15H,6H2,1-5H3,(H2,20,21,23). The predicted molar refractivity (Wildman–Crippen MR) is 97.5 cm³/mol. The molecule has 0 aromatic heterocycles. The third-order valence-corrected chi connectivity index (χ3v) is 3.97. The number of nitrogens with one attached hydrogen (secondary N) is 2. The lowest BCUT2D eigenvalue weighted by molar-refractivity contribution is -0.136. The Morgan fingerprint density at radius 3 is 2.62 bits per heavy atom. The van der Waals surface area contributed by atoms with Crippen molar-refractivity contribution in [2.75, 3.05) is 13.7 Å². The molecule has 1 aliphatic heterocycles. The van der Waals surface area contributed by atoms with Crippen LogP contribution in [0.1, 0.15) is 39.3 Å². The topological polar surface area (TPSA) is 85.9 Å². The lowest BCUT2D eigenvalue weighted by Gasteiger charge is -2.28. The van der Waals surface area contributed by atoms with E-state index in [0.29, 0.717) is 40.0 Å². The molecule has 1 aromatic carbocycles. The average Bonchev–Trinajstić information content (AvgIpc) is 2.56. The van der Waals surface area contributed by atoms with Crippen LogP contribution in [0.15, 0.2) is 23.4 Å². The number of esters is 1.